The molecule has 4 rings (SSSR count). The van der Waals surface area contributed by atoms with Gasteiger partial charge in [-0.15, -0.1) is 22.7 Å². The van der Waals surface area contributed by atoms with E-state index in [0.717, 1.165) is 18.4 Å². The lowest BCUT2D eigenvalue weighted by molar-refractivity contribution is -0.136. The molecule has 0 spiro atoms. The van der Waals surface area contributed by atoms with Gasteiger partial charge in [0.05, 0.1) is 17.0 Å². The number of esters is 1. The van der Waals surface area contributed by atoms with E-state index in [9.17, 15) is 27.6 Å². The molecule has 4 heterocycles. The predicted molar refractivity (Wildman–Crippen MR) is 115 cm³/mol. The number of fused-ring (bicyclic) bond motifs is 1. The highest BCUT2D eigenvalue weighted by Crippen LogP contribution is 2.35. The Bertz CT molecular complexity index is 1250. The minimum absolute atomic E-state index is 0.118. The SMILES string of the molecule is COC(=O)c1sc(Cl)cc1S(=O)(=O)NCc1scc2c1CN(C1CCC(=O)NC1=O)C2=O. The molecule has 2 N–H and O–H groups in total. The van der Waals surface area contributed by atoms with Crippen molar-refractivity contribution in [2.24, 2.45) is 0 Å². The largest absolute Gasteiger partial charge is 0.465 e. The number of hydrogen-bond donors (Lipinski definition) is 2. The standard InChI is InChI=1S/C18H16ClN3O7S3/c1-29-18(26)15-12(4-13(19)31-15)32(27,28)20-5-11-8-6-22(17(25)9(8)7-30-11)10-2-3-14(23)21-16(10)24/h4,7,10,20H,2-3,5-6H2,1H3,(H,21,23,24). The van der Waals surface area contributed by atoms with Gasteiger partial charge < -0.3 is 9.64 Å². The molecule has 1 fully saturated rings. The first-order chi connectivity index (χ1) is 15.1. The van der Waals surface area contributed by atoms with E-state index in [0.29, 0.717) is 16.0 Å². The Labute approximate surface area is 195 Å². The molecule has 0 radical (unpaired) electrons. The first-order valence-electron chi connectivity index (χ1n) is 9.23. The predicted octanol–water partition coefficient (Wildman–Crippen LogP) is 1.49. The van der Waals surface area contributed by atoms with Crippen molar-refractivity contribution >= 4 is 68.0 Å². The minimum atomic E-state index is -4.10. The highest BCUT2D eigenvalue weighted by molar-refractivity contribution is 7.89. The number of amides is 3. The molecule has 2 aliphatic rings. The van der Waals surface area contributed by atoms with Crippen LogP contribution in [0.2, 0.25) is 4.34 Å². The molecular weight excluding hydrogens is 502 g/mol. The molecule has 1 unspecified atom stereocenters. The Morgan fingerprint density at radius 1 is 1.38 bits per heavy atom. The molecule has 10 nitrogen and oxygen atoms in total. The van der Waals surface area contributed by atoms with Crippen LogP contribution in [0, 0.1) is 0 Å². The number of piperidine rings is 1. The zero-order valence-corrected chi connectivity index (χ0v) is 19.7. The molecule has 170 valence electrons. The maximum Gasteiger partial charge on any atom is 0.349 e. The monoisotopic (exact) mass is 517 g/mol. The van der Waals surface area contributed by atoms with Gasteiger partial charge in [0.15, 0.2) is 0 Å². The van der Waals surface area contributed by atoms with Crippen molar-refractivity contribution < 1.29 is 32.3 Å². The van der Waals surface area contributed by atoms with Crippen molar-refractivity contribution in [3.8, 4) is 0 Å². The van der Waals surface area contributed by atoms with Crippen LogP contribution in [-0.2, 0) is 37.4 Å². The summed E-state index contributed by atoms with van der Waals surface area (Å²) in [4.78, 5) is 49.8. The quantitative estimate of drug-likeness (QED) is 0.437. The maximum atomic E-state index is 12.8. The summed E-state index contributed by atoms with van der Waals surface area (Å²) < 4.78 is 32.8. The van der Waals surface area contributed by atoms with Gasteiger partial charge in [-0.3, -0.25) is 19.7 Å². The van der Waals surface area contributed by atoms with E-state index in [1.54, 1.807) is 5.38 Å². The van der Waals surface area contributed by atoms with Crippen LogP contribution in [0.15, 0.2) is 16.3 Å². The molecule has 2 aromatic heterocycles. The molecule has 0 aliphatic carbocycles. The summed E-state index contributed by atoms with van der Waals surface area (Å²) in [6, 6.07) is 0.422. The van der Waals surface area contributed by atoms with Gasteiger partial charge in [-0.25, -0.2) is 17.9 Å². The first kappa shape index (κ1) is 22.9. The average molecular weight is 518 g/mol. The zero-order chi connectivity index (χ0) is 23.2. The van der Waals surface area contributed by atoms with Crippen LogP contribution >= 0.6 is 34.3 Å². The van der Waals surface area contributed by atoms with Crippen molar-refractivity contribution in [2.75, 3.05) is 7.11 Å². The van der Waals surface area contributed by atoms with Crippen molar-refractivity contribution in [1.29, 1.82) is 0 Å². The molecular formula is C18H16ClN3O7S3. The van der Waals surface area contributed by atoms with Gasteiger partial charge >= 0.3 is 5.97 Å². The van der Waals surface area contributed by atoms with E-state index >= 15 is 0 Å². The molecule has 2 aromatic rings. The molecule has 32 heavy (non-hydrogen) atoms. The van der Waals surface area contributed by atoms with Crippen LogP contribution in [0.4, 0.5) is 0 Å². The van der Waals surface area contributed by atoms with E-state index in [4.69, 9.17) is 11.6 Å². The van der Waals surface area contributed by atoms with Gasteiger partial charge in [0.2, 0.25) is 21.8 Å². The van der Waals surface area contributed by atoms with Crippen molar-refractivity contribution in [2.45, 2.75) is 36.9 Å². The fourth-order valence-electron chi connectivity index (χ4n) is 3.57. The number of nitrogens with zero attached hydrogens (tertiary/aromatic N) is 1. The summed E-state index contributed by atoms with van der Waals surface area (Å²) in [6.45, 7) is 0.0194. The Morgan fingerprint density at radius 2 is 2.12 bits per heavy atom. The number of nitrogens with one attached hydrogen (secondary N) is 2. The maximum absolute atomic E-state index is 12.8. The van der Waals surface area contributed by atoms with Crippen LogP contribution in [0.5, 0.6) is 0 Å². The lowest BCUT2D eigenvalue weighted by atomic mass is 10.0. The zero-order valence-electron chi connectivity index (χ0n) is 16.5. The van der Waals surface area contributed by atoms with E-state index in [-0.39, 0.29) is 51.9 Å². The van der Waals surface area contributed by atoms with E-state index in [1.165, 1.54) is 22.3 Å². The third-order valence-corrected chi connectivity index (χ3v) is 8.97. The summed E-state index contributed by atoms with van der Waals surface area (Å²) in [7, 11) is -2.96. The van der Waals surface area contributed by atoms with Crippen LogP contribution in [0.25, 0.3) is 0 Å². The number of imide groups is 1. The van der Waals surface area contributed by atoms with Gasteiger partial charge in [-0.1, -0.05) is 11.6 Å². The number of carbonyl (C=O) groups excluding carboxylic acids is 4. The van der Waals surface area contributed by atoms with Gasteiger partial charge in [-0.05, 0) is 18.1 Å². The molecule has 2 aliphatic heterocycles. The summed E-state index contributed by atoms with van der Waals surface area (Å²) in [6.07, 6.45) is 0.382. The first-order valence-corrected chi connectivity index (χ1v) is 12.8. The lowest BCUT2D eigenvalue weighted by Gasteiger charge is -2.29. The number of halogens is 1. The topological polar surface area (TPSA) is 139 Å². The lowest BCUT2D eigenvalue weighted by Crippen LogP contribution is -2.52. The summed E-state index contributed by atoms with van der Waals surface area (Å²) in [5.74, 6) is -2.04. The summed E-state index contributed by atoms with van der Waals surface area (Å²) in [5.41, 5.74) is 1.03. The molecule has 0 bridgehead atoms. The second kappa shape index (κ2) is 8.56. The Hall–Kier alpha value is -2.32. The number of sulfonamides is 1. The Morgan fingerprint density at radius 3 is 2.81 bits per heavy atom. The molecule has 1 atom stereocenters. The van der Waals surface area contributed by atoms with E-state index in [2.05, 4.69) is 14.8 Å². The highest BCUT2D eigenvalue weighted by Gasteiger charge is 2.40. The molecule has 0 aromatic carbocycles. The van der Waals surface area contributed by atoms with Gasteiger partial charge in [-0.2, -0.15) is 0 Å². The van der Waals surface area contributed by atoms with E-state index in [1.807, 2.05) is 0 Å². The number of thiophene rings is 2. The second-order valence-corrected chi connectivity index (χ2v) is 11.4. The van der Waals surface area contributed by atoms with Crippen molar-refractivity contribution in [3.05, 3.63) is 36.7 Å². The molecule has 1 saturated heterocycles. The van der Waals surface area contributed by atoms with Crippen molar-refractivity contribution in [3.63, 3.8) is 0 Å². The normalized spacial score (nSPS) is 18.6. The minimum Gasteiger partial charge on any atom is -0.465 e. The molecule has 3 amide bonds. The number of rotatable bonds is 6. The Kier molecular flexibility index (Phi) is 6.11. The van der Waals surface area contributed by atoms with Gasteiger partial charge in [0, 0.05) is 29.8 Å². The number of carbonyl (C=O) groups is 4. The number of hydrogen-bond acceptors (Lipinski definition) is 9. The number of methoxy groups -OCH3 is 1. The summed E-state index contributed by atoms with van der Waals surface area (Å²) in [5, 5.41) is 3.86. The third-order valence-electron chi connectivity index (χ3n) is 5.14. The van der Waals surface area contributed by atoms with Gasteiger partial charge in [0.25, 0.3) is 5.91 Å². The molecule has 0 saturated carbocycles. The van der Waals surface area contributed by atoms with Crippen LogP contribution in [0.1, 0.15) is 43.3 Å². The van der Waals surface area contributed by atoms with E-state index < -0.39 is 27.9 Å². The smallest absolute Gasteiger partial charge is 0.349 e. The van der Waals surface area contributed by atoms with Crippen LogP contribution in [-0.4, -0.2) is 50.2 Å². The fourth-order valence-corrected chi connectivity index (χ4v) is 7.36. The Balaban J connectivity index is 1.52. The highest BCUT2D eigenvalue weighted by atomic mass is 35.5. The fraction of sp³-hybridized carbons (Fsp3) is 0.333. The van der Waals surface area contributed by atoms with Crippen LogP contribution in [0.3, 0.4) is 0 Å². The summed E-state index contributed by atoms with van der Waals surface area (Å²) >= 11 is 7.91. The second-order valence-electron chi connectivity index (χ2n) is 7.01. The number of ether oxygens (including phenoxy) is 1. The van der Waals surface area contributed by atoms with Crippen molar-refractivity contribution in [1.82, 2.24) is 14.9 Å². The van der Waals surface area contributed by atoms with Crippen LogP contribution < -0.4 is 10.0 Å². The average Bonchev–Trinajstić information content (AvgIpc) is 3.41. The third kappa shape index (κ3) is 4.06. The van der Waals surface area contributed by atoms with Gasteiger partial charge in [0.1, 0.15) is 15.8 Å². The molecule has 14 heteroatoms.